The number of aromatic nitrogens is 4. The van der Waals surface area contributed by atoms with E-state index in [-0.39, 0.29) is 6.04 Å². The number of rotatable bonds is 3. The fourth-order valence-corrected chi connectivity index (χ4v) is 2.42. The third-order valence-corrected chi connectivity index (χ3v) is 3.33. The minimum Gasteiger partial charge on any atom is -0.373 e. The molecule has 0 aromatic carbocycles. The van der Waals surface area contributed by atoms with Gasteiger partial charge < -0.3 is 10.2 Å². The van der Waals surface area contributed by atoms with E-state index in [0.717, 1.165) is 36.8 Å². The Balaban J connectivity index is 1.90. The summed E-state index contributed by atoms with van der Waals surface area (Å²) in [7, 11) is 1.86. The molecule has 1 unspecified atom stereocenters. The highest BCUT2D eigenvalue weighted by atomic mass is 15.3. The van der Waals surface area contributed by atoms with E-state index in [0.29, 0.717) is 0 Å². The summed E-state index contributed by atoms with van der Waals surface area (Å²) in [5, 5.41) is 3.05. The van der Waals surface area contributed by atoms with E-state index in [2.05, 4.69) is 30.2 Å². The molecule has 1 aliphatic rings. The molecular formula is C13H16N6. The van der Waals surface area contributed by atoms with Gasteiger partial charge in [-0.15, -0.1) is 0 Å². The summed E-state index contributed by atoms with van der Waals surface area (Å²) in [6.45, 7) is 0.969. The average molecular weight is 256 g/mol. The second-order valence-corrected chi connectivity index (χ2v) is 4.47. The summed E-state index contributed by atoms with van der Waals surface area (Å²) in [4.78, 5) is 19.7. The second-order valence-electron chi connectivity index (χ2n) is 4.47. The van der Waals surface area contributed by atoms with Crippen molar-refractivity contribution in [1.29, 1.82) is 0 Å². The Bertz CT molecular complexity index is 544. The fraction of sp³-hybridized carbons (Fsp3) is 0.385. The third kappa shape index (κ3) is 2.33. The number of nitrogens with one attached hydrogen (secondary N) is 1. The standard InChI is InChI=1S/C13H16N6/c1-14-11-4-5-17-13(18-11)10-3-2-8-19(10)12-9-15-6-7-16-12/h4-7,9-10H,2-3,8H2,1H3,(H,14,17,18). The van der Waals surface area contributed by atoms with Gasteiger partial charge >= 0.3 is 0 Å². The number of anilines is 2. The van der Waals surface area contributed by atoms with Crippen LogP contribution in [0.3, 0.4) is 0 Å². The average Bonchev–Trinajstić information content (AvgIpc) is 2.98. The Kier molecular flexibility index (Phi) is 3.22. The number of hydrogen-bond donors (Lipinski definition) is 1. The molecule has 6 heteroatoms. The van der Waals surface area contributed by atoms with Crippen LogP contribution in [0.1, 0.15) is 24.7 Å². The molecule has 1 aliphatic heterocycles. The van der Waals surface area contributed by atoms with Crippen LogP contribution in [-0.2, 0) is 0 Å². The first-order chi connectivity index (χ1) is 9.38. The predicted octanol–water partition coefficient (Wildman–Crippen LogP) is 1.65. The van der Waals surface area contributed by atoms with Crippen molar-refractivity contribution in [2.45, 2.75) is 18.9 Å². The second kappa shape index (κ2) is 5.17. The van der Waals surface area contributed by atoms with E-state index in [1.807, 2.05) is 13.1 Å². The van der Waals surface area contributed by atoms with Gasteiger partial charge in [-0.3, -0.25) is 4.98 Å². The van der Waals surface area contributed by atoms with E-state index >= 15 is 0 Å². The maximum absolute atomic E-state index is 4.54. The fourth-order valence-electron chi connectivity index (χ4n) is 2.42. The summed E-state index contributed by atoms with van der Waals surface area (Å²) < 4.78 is 0. The summed E-state index contributed by atoms with van der Waals surface area (Å²) in [5.41, 5.74) is 0. The lowest BCUT2D eigenvalue weighted by molar-refractivity contribution is 0.660. The lowest BCUT2D eigenvalue weighted by Crippen LogP contribution is -2.25. The Morgan fingerprint density at radius 1 is 1.26 bits per heavy atom. The predicted molar refractivity (Wildman–Crippen MR) is 72.9 cm³/mol. The number of nitrogens with zero attached hydrogens (tertiary/aromatic N) is 5. The molecule has 3 heterocycles. The van der Waals surface area contributed by atoms with Crippen LogP contribution in [0, 0.1) is 0 Å². The summed E-state index contributed by atoms with van der Waals surface area (Å²) in [6.07, 6.45) is 9.15. The molecule has 98 valence electrons. The highest BCUT2D eigenvalue weighted by Crippen LogP contribution is 2.33. The van der Waals surface area contributed by atoms with Crippen LogP contribution < -0.4 is 10.2 Å². The Morgan fingerprint density at radius 2 is 2.21 bits per heavy atom. The van der Waals surface area contributed by atoms with Crippen molar-refractivity contribution in [3.8, 4) is 0 Å². The van der Waals surface area contributed by atoms with Gasteiger partial charge in [0.2, 0.25) is 0 Å². The van der Waals surface area contributed by atoms with E-state index in [4.69, 9.17) is 0 Å². The van der Waals surface area contributed by atoms with Crippen LogP contribution >= 0.6 is 0 Å². The minimum absolute atomic E-state index is 0.185. The molecule has 0 bridgehead atoms. The Morgan fingerprint density at radius 3 is 3.00 bits per heavy atom. The lowest BCUT2D eigenvalue weighted by atomic mass is 10.2. The molecule has 1 fully saturated rings. The maximum atomic E-state index is 4.54. The molecule has 0 aliphatic carbocycles. The minimum atomic E-state index is 0.185. The molecule has 0 radical (unpaired) electrons. The molecule has 0 saturated carbocycles. The molecule has 3 rings (SSSR count). The van der Waals surface area contributed by atoms with Gasteiger partial charge in [0.1, 0.15) is 11.6 Å². The van der Waals surface area contributed by atoms with Crippen LogP contribution in [0.25, 0.3) is 0 Å². The largest absolute Gasteiger partial charge is 0.373 e. The van der Waals surface area contributed by atoms with Crippen LogP contribution in [0.15, 0.2) is 30.9 Å². The molecule has 6 nitrogen and oxygen atoms in total. The van der Waals surface area contributed by atoms with Crippen LogP contribution in [-0.4, -0.2) is 33.5 Å². The van der Waals surface area contributed by atoms with Crippen molar-refractivity contribution in [3.63, 3.8) is 0 Å². The molecule has 0 spiro atoms. The SMILES string of the molecule is CNc1ccnc(C2CCCN2c2cnccn2)n1. The zero-order valence-corrected chi connectivity index (χ0v) is 10.8. The number of hydrogen-bond acceptors (Lipinski definition) is 6. The molecule has 19 heavy (non-hydrogen) atoms. The normalized spacial score (nSPS) is 18.6. The van der Waals surface area contributed by atoms with Crippen LogP contribution in [0.4, 0.5) is 11.6 Å². The Labute approximate surface area is 111 Å². The molecule has 0 amide bonds. The highest BCUT2D eigenvalue weighted by Gasteiger charge is 2.29. The summed E-state index contributed by atoms with van der Waals surface area (Å²) in [5.74, 6) is 2.58. The lowest BCUT2D eigenvalue weighted by Gasteiger charge is -2.24. The van der Waals surface area contributed by atoms with Crippen molar-refractivity contribution in [3.05, 3.63) is 36.7 Å². The quantitative estimate of drug-likeness (QED) is 0.900. The zero-order valence-electron chi connectivity index (χ0n) is 10.8. The maximum Gasteiger partial charge on any atom is 0.153 e. The van der Waals surface area contributed by atoms with Gasteiger partial charge in [0.15, 0.2) is 5.82 Å². The zero-order chi connectivity index (χ0) is 13.1. The molecular weight excluding hydrogens is 240 g/mol. The van der Waals surface area contributed by atoms with Crippen molar-refractivity contribution in [1.82, 2.24) is 19.9 Å². The van der Waals surface area contributed by atoms with Crippen molar-refractivity contribution in [2.24, 2.45) is 0 Å². The van der Waals surface area contributed by atoms with Gasteiger partial charge in [-0.25, -0.2) is 15.0 Å². The van der Waals surface area contributed by atoms with Gasteiger partial charge in [0.05, 0.1) is 12.2 Å². The first-order valence-electron chi connectivity index (χ1n) is 6.42. The van der Waals surface area contributed by atoms with Crippen molar-refractivity contribution < 1.29 is 0 Å². The molecule has 1 saturated heterocycles. The monoisotopic (exact) mass is 256 g/mol. The smallest absolute Gasteiger partial charge is 0.153 e. The van der Waals surface area contributed by atoms with Gasteiger partial charge in [-0.1, -0.05) is 0 Å². The molecule has 1 N–H and O–H groups in total. The summed E-state index contributed by atoms with van der Waals surface area (Å²) in [6, 6.07) is 2.05. The first kappa shape index (κ1) is 11.8. The first-order valence-corrected chi connectivity index (χ1v) is 6.42. The van der Waals surface area contributed by atoms with Gasteiger partial charge in [-0.05, 0) is 18.9 Å². The van der Waals surface area contributed by atoms with Crippen LogP contribution in [0.2, 0.25) is 0 Å². The van der Waals surface area contributed by atoms with Gasteiger partial charge in [-0.2, -0.15) is 0 Å². The van der Waals surface area contributed by atoms with Crippen LogP contribution in [0.5, 0.6) is 0 Å². The van der Waals surface area contributed by atoms with Gasteiger partial charge in [0, 0.05) is 32.2 Å². The molecule has 1 atom stereocenters. The summed E-state index contributed by atoms with van der Waals surface area (Å²) >= 11 is 0. The van der Waals surface area contributed by atoms with E-state index < -0.39 is 0 Å². The third-order valence-electron chi connectivity index (χ3n) is 3.33. The van der Waals surface area contributed by atoms with E-state index in [1.165, 1.54) is 0 Å². The highest BCUT2D eigenvalue weighted by molar-refractivity contribution is 5.41. The Hall–Kier alpha value is -2.24. The van der Waals surface area contributed by atoms with Gasteiger partial charge in [0.25, 0.3) is 0 Å². The van der Waals surface area contributed by atoms with Crippen molar-refractivity contribution in [2.75, 3.05) is 23.8 Å². The van der Waals surface area contributed by atoms with E-state index in [9.17, 15) is 0 Å². The topological polar surface area (TPSA) is 66.8 Å². The van der Waals surface area contributed by atoms with Crippen molar-refractivity contribution >= 4 is 11.6 Å². The molecule has 2 aromatic heterocycles. The molecule has 2 aromatic rings. The van der Waals surface area contributed by atoms with E-state index in [1.54, 1.807) is 24.8 Å².